The van der Waals surface area contributed by atoms with Gasteiger partial charge in [0.05, 0.1) is 11.8 Å². The van der Waals surface area contributed by atoms with E-state index in [1.165, 1.54) is 42.7 Å². The summed E-state index contributed by atoms with van der Waals surface area (Å²) in [5.74, 6) is -1.22. The molecule has 2 heterocycles. The predicted molar refractivity (Wildman–Crippen MR) is 115 cm³/mol. The molecule has 0 saturated carbocycles. The second-order valence-corrected chi connectivity index (χ2v) is 6.88. The molecule has 0 aliphatic rings. The highest BCUT2D eigenvalue weighted by Gasteiger charge is 2.12. The minimum absolute atomic E-state index is 0.00464. The van der Waals surface area contributed by atoms with Crippen LogP contribution in [-0.4, -0.2) is 26.0 Å². The number of carbonyl (C=O) groups is 1. The fourth-order valence-corrected chi connectivity index (χ4v) is 3.05. The number of amides is 1. The molecule has 0 radical (unpaired) electrons. The monoisotopic (exact) mass is 439 g/mol. The Kier molecular flexibility index (Phi) is 5.80. The van der Waals surface area contributed by atoms with Crippen molar-refractivity contribution in [3.63, 3.8) is 0 Å². The van der Waals surface area contributed by atoms with Gasteiger partial charge in [-0.05, 0) is 48.1 Å². The van der Waals surface area contributed by atoms with Crippen molar-refractivity contribution in [2.75, 3.05) is 5.32 Å². The van der Waals surface area contributed by atoms with E-state index in [9.17, 15) is 13.6 Å². The molecule has 0 aliphatic carbocycles. The first kappa shape index (κ1) is 20.4. The van der Waals surface area contributed by atoms with Crippen molar-refractivity contribution < 1.29 is 18.3 Å². The van der Waals surface area contributed by atoms with Gasteiger partial charge in [0.1, 0.15) is 17.8 Å². The SMILES string of the molecule is O=C(Cc1ccc(F)cc1)NC(=S)Nc1ccc(Oc2ncnc3[nH]ccc23)c(F)c1. The van der Waals surface area contributed by atoms with E-state index in [-0.39, 0.29) is 34.9 Å². The third-order valence-corrected chi connectivity index (χ3v) is 4.45. The summed E-state index contributed by atoms with van der Waals surface area (Å²) < 4.78 is 33.0. The van der Waals surface area contributed by atoms with Crippen molar-refractivity contribution in [3.8, 4) is 11.6 Å². The number of H-pyrrole nitrogens is 1. The lowest BCUT2D eigenvalue weighted by atomic mass is 10.1. The normalized spacial score (nSPS) is 10.6. The molecule has 10 heteroatoms. The maximum atomic E-state index is 14.5. The Morgan fingerprint density at radius 2 is 1.90 bits per heavy atom. The summed E-state index contributed by atoms with van der Waals surface area (Å²) in [6, 6.07) is 11.4. The molecular formula is C21H15F2N5O2S. The maximum Gasteiger partial charge on any atom is 0.231 e. The Balaban J connectivity index is 1.37. The van der Waals surface area contributed by atoms with Gasteiger partial charge in [-0.25, -0.2) is 18.7 Å². The first-order valence-corrected chi connectivity index (χ1v) is 9.49. The zero-order valence-corrected chi connectivity index (χ0v) is 16.7. The first-order valence-electron chi connectivity index (χ1n) is 9.09. The van der Waals surface area contributed by atoms with E-state index in [4.69, 9.17) is 17.0 Å². The number of hydrogen-bond donors (Lipinski definition) is 3. The third-order valence-electron chi connectivity index (χ3n) is 4.24. The molecule has 1 amide bonds. The van der Waals surface area contributed by atoms with Crippen LogP contribution in [0.5, 0.6) is 11.6 Å². The van der Waals surface area contributed by atoms with Gasteiger partial charge in [0.2, 0.25) is 11.8 Å². The maximum absolute atomic E-state index is 14.5. The van der Waals surface area contributed by atoms with Gasteiger partial charge in [0.15, 0.2) is 16.7 Å². The van der Waals surface area contributed by atoms with E-state index in [2.05, 4.69) is 25.6 Å². The molecule has 0 bridgehead atoms. The van der Waals surface area contributed by atoms with Crippen LogP contribution in [-0.2, 0) is 11.2 Å². The topological polar surface area (TPSA) is 91.9 Å². The number of thiocarbonyl (C=S) groups is 1. The first-order chi connectivity index (χ1) is 15.0. The lowest BCUT2D eigenvalue weighted by Gasteiger charge is -2.11. The van der Waals surface area contributed by atoms with Gasteiger partial charge < -0.3 is 20.4 Å². The minimum Gasteiger partial charge on any atom is -0.435 e. The molecule has 31 heavy (non-hydrogen) atoms. The molecule has 0 fully saturated rings. The number of anilines is 1. The summed E-state index contributed by atoms with van der Waals surface area (Å²) in [5, 5.41) is 5.86. The smallest absolute Gasteiger partial charge is 0.231 e. The van der Waals surface area contributed by atoms with E-state index in [1.54, 1.807) is 18.3 Å². The van der Waals surface area contributed by atoms with Crippen LogP contribution < -0.4 is 15.4 Å². The Morgan fingerprint density at radius 3 is 2.68 bits per heavy atom. The standard InChI is InChI=1S/C21H15F2N5O2S/c22-13-3-1-12(2-4-13)9-18(29)28-21(31)27-14-5-6-17(16(23)10-14)30-20-15-7-8-24-19(15)25-11-26-20/h1-8,10-11H,9H2,(H,24,25,26)(H2,27,28,29,31). The van der Waals surface area contributed by atoms with Crippen LogP contribution in [0.1, 0.15) is 5.56 Å². The van der Waals surface area contributed by atoms with Crippen LogP contribution in [0.3, 0.4) is 0 Å². The van der Waals surface area contributed by atoms with Crippen molar-refractivity contribution >= 4 is 40.0 Å². The van der Waals surface area contributed by atoms with Crippen LogP contribution in [0.25, 0.3) is 11.0 Å². The van der Waals surface area contributed by atoms with Crippen LogP contribution in [0.15, 0.2) is 61.1 Å². The largest absolute Gasteiger partial charge is 0.435 e. The lowest BCUT2D eigenvalue weighted by Crippen LogP contribution is -2.35. The molecule has 0 unspecified atom stereocenters. The number of ether oxygens (including phenoxy) is 1. The molecule has 7 nitrogen and oxygen atoms in total. The molecule has 0 atom stereocenters. The third kappa shape index (κ3) is 4.98. The quantitative estimate of drug-likeness (QED) is 0.406. The number of benzene rings is 2. The van der Waals surface area contributed by atoms with E-state index in [0.29, 0.717) is 22.3 Å². The number of hydrogen-bond acceptors (Lipinski definition) is 5. The summed E-state index contributed by atoms with van der Waals surface area (Å²) in [6.07, 6.45) is 3.02. The molecule has 0 saturated heterocycles. The highest BCUT2D eigenvalue weighted by Crippen LogP contribution is 2.29. The molecule has 0 aliphatic heterocycles. The number of aromatic nitrogens is 3. The molecular weight excluding hydrogens is 424 g/mol. The summed E-state index contributed by atoms with van der Waals surface area (Å²) in [6.45, 7) is 0. The van der Waals surface area contributed by atoms with Crippen LogP contribution >= 0.6 is 12.2 Å². The zero-order valence-electron chi connectivity index (χ0n) is 15.9. The Bertz CT molecular complexity index is 1260. The van der Waals surface area contributed by atoms with Crippen molar-refractivity contribution in [1.29, 1.82) is 0 Å². The molecule has 3 N–H and O–H groups in total. The minimum atomic E-state index is -0.646. The zero-order chi connectivity index (χ0) is 21.8. The van der Waals surface area contributed by atoms with E-state index in [1.807, 2.05) is 0 Å². The number of rotatable bonds is 5. The number of nitrogens with zero attached hydrogens (tertiary/aromatic N) is 2. The average Bonchev–Trinajstić information content (AvgIpc) is 3.21. The lowest BCUT2D eigenvalue weighted by molar-refractivity contribution is -0.119. The van der Waals surface area contributed by atoms with E-state index in [0.717, 1.165) is 0 Å². The number of nitrogens with one attached hydrogen (secondary N) is 3. The van der Waals surface area contributed by atoms with Crippen LogP contribution in [0.2, 0.25) is 0 Å². The molecule has 4 rings (SSSR count). The van der Waals surface area contributed by atoms with Gasteiger partial charge in [-0.2, -0.15) is 0 Å². The summed E-state index contributed by atoms with van der Waals surface area (Å²) in [7, 11) is 0. The molecule has 156 valence electrons. The van der Waals surface area contributed by atoms with Crippen molar-refractivity contribution in [3.05, 3.63) is 78.3 Å². The Hall–Kier alpha value is -3.92. The van der Waals surface area contributed by atoms with Gasteiger partial charge in [-0.3, -0.25) is 4.79 Å². The van der Waals surface area contributed by atoms with Gasteiger partial charge in [0.25, 0.3) is 0 Å². The number of carbonyl (C=O) groups excluding carboxylic acids is 1. The summed E-state index contributed by atoms with van der Waals surface area (Å²) >= 11 is 5.10. The number of aromatic amines is 1. The molecule has 0 spiro atoms. The predicted octanol–water partition coefficient (Wildman–Crippen LogP) is 4.08. The fourth-order valence-electron chi connectivity index (χ4n) is 2.82. The van der Waals surface area contributed by atoms with E-state index >= 15 is 0 Å². The van der Waals surface area contributed by atoms with Gasteiger partial charge in [0, 0.05) is 18.0 Å². The van der Waals surface area contributed by atoms with E-state index < -0.39 is 5.82 Å². The second-order valence-electron chi connectivity index (χ2n) is 6.47. The molecule has 4 aromatic rings. The second kappa shape index (κ2) is 8.84. The number of halogens is 2. The van der Waals surface area contributed by atoms with Crippen molar-refractivity contribution in [1.82, 2.24) is 20.3 Å². The van der Waals surface area contributed by atoms with Gasteiger partial charge in [-0.15, -0.1) is 0 Å². The molecule has 2 aromatic heterocycles. The van der Waals surface area contributed by atoms with Crippen LogP contribution in [0, 0.1) is 11.6 Å². The summed E-state index contributed by atoms with van der Waals surface area (Å²) in [4.78, 5) is 23.1. The summed E-state index contributed by atoms with van der Waals surface area (Å²) in [5.41, 5.74) is 1.53. The van der Waals surface area contributed by atoms with Gasteiger partial charge in [-0.1, -0.05) is 12.1 Å². The highest BCUT2D eigenvalue weighted by atomic mass is 32.1. The van der Waals surface area contributed by atoms with Crippen LogP contribution in [0.4, 0.5) is 14.5 Å². The molecule has 2 aromatic carbocycles. The highest BCUT2D eigenvalue weighted by molar-refractivity contribution is 7.80. The fraction of sp³-hybridized carbons (Fsp3) is 0.0476. The van der Waals surface area contributed by atoms with Crippen molar-refractivity contribution in [2.24, 2.45) is 0 Å². The average molecular weight is 439 g/mol. The Labute approximate surface area is 180 Å². The van der Waals surface area contributed by atoms with Crippen molar-refractivity contribution in [2.45, 2.75) is 6.42 Å². The Morgan fingerprint density at radius 1 is 1.10 bits per heavy atom. The van der Waals surface area contributed by atoms with Gasteiger partial charge >= 0.3 is 0 Å². The number of fused-ring (bicyclic) bond motifs is 1.